The molecule has 0 aromatic rings. The molecule has 1 spiro atoms. The highest BCUT2D eigenvalue weighted by atomic mass is 32.1. The van der Waals surface area contributed by atoms with E-state index >= 15 is 0 Å². The summed E-state index contributed by atoms with van der Waals surface area (Å²) >= 11 is 4.31. The smallest absolute Gasteiger partial charge is 0.241 e. The van der Waals surface area contributed by atoms with Crippen molar-refractivity contribution >= 4 is 18.7 Å². The zero-order valence-electron chi connectivity index (χ0n) is 6.34. The van der Waals surface area contributed by atoms with E-state index in [2.05, 4.69) is 18.1 Å². The number of nitrogens with one attached hydrogen (secondary N) is 1. The van der Waals surface area contributed by atoms with Crippen LogP contribution in [-0.4, -0.2) is 28.8 Å². The molecule has 2 rings (SSSR count). The Hall–Kier alpha value is -0.220. The lowest BCUT2D eigenvalue weighted by atomic mass is 9.96. The van der Waals surface area contributed by atoms with Crippen molar-refractivity contribution in [2.45, 2.75) is 24.8 Å². The Morgan fingerprint density at radius 1 is 1.55 bits per heavy atom. The maximum Gasteiger partial charge on any atom is 0.241 e. The van der Waals surface area contributed by atoms with Gasteiger partial charge in [0.15, 0.2) is 0 Å². The van der Waals surface area contributed by atoms with Gasteiger partial charge in [0.25, 0.3) is 0 Å². The fourth-order valence-corrected chi connectivity index (χ4v) is 2.44. The molecule has 1 unspecified atom stereocenters. The summed E-state index contributed by atoms with van der Waals surface area (Å²) in [6.45, 7) is 1.76. The Labute approximate surface area is 71.7 Å². The zero-order chi connectivity index (χ0) is 7.90. The van der Waals surface area contributed by atoms with Gasteiger partial charge in [-0.2, -0.15) is 0 Å². The van der Waals surface area contributed by atoms with Crippen LogP contribution in [0.3, 0.4) is 0 Å². The summed E-state index contributed by atoms with van der Waals surface area (Å²) < 4.78 is 1.90. The van der Waals surface area contributed by atoms with E-state index in [-0.39, 0.29) is 11.4 Å². The van der Waals surface area contributed by atoms with Crippen LogP contribution in [0.1, 0.15) is 19.3 Å². The Morgan fingerprint density at radius 2 is 2.36 bits per heavy atom. The SMILES string of the molecule is O=C1NCCC12CCCN2S. The summed E-state index contributed by atoms with van der Waals surface area (Å²) in [7, 11) is 0. The van der Waals surface area contributed by atoms with Crippen LogP contribution >= 0.6 is 12.8 Å². The molecule has 0 aromatic carbocycles. The average molecular weight is 172 g/mol. The first-order valence-corrected chi connectivity index (χ1v) is 4.40. The first-order chi connectivity index (χ1) is 5.26. The Balaban J connectivity index is 2.25. The summed E-state index contributed by atoms with van der Waals surface area (Å²) in [6, 6.07) is 0. The molecule has 1 amide bonds. The van der Waals surface area contributed by atoms with Gasteiger partial charge in [0.05, 0.1) is 0 Å². The van der Waals surface area contributed by atoms with Crippen LogP contribution < -0.4 is 5.32 Å². The summed E-state index contributed by atoms with van der Waals surface area (Å²) in [4.78, 5) is 11.4. The van der Waals surface area contributed by atoms with Gasteiger partial charge in [-0.25, -0.2) is 4.31 Å². The lowest BCUT2D eigenvalue weighted by Crippen LogP contribution is -2.44. The molecule has 2 aliphatic rings. The lowest BCUT2D eigenvalue weighted by Gasteiger charge is -2.26. The highest BCUT2D eigenvalue weighted by Gasteiger charge is 2.48. The Morgan fingerprint density at radius 3 is 2.82 bits per heavy atom. The molecule has 2 aliphatic heterocycles. The summed E-state index contributed by atoms with van der Waals surface area (Å²) in [5.74, 6) is 0.171. The van der Waals surface area contributed by atoms with Crippen LogP contribution in [0.4, 0.5) is 0 Å². The summed E-state index contributed by atoms with van der Waals surface area (Å²) in [5, 5.41) is 2.85. The number of hydrogen-bond acceptors (Lipinski definition) is 3. The van der Waals surface area contributed by atoms with Crippen molar-refractivity contribution in [3.63, 3.8) is 0 Å². The molecule has 1 N–H and O–H groups in total. The third-order valence-corrected chi connectivity index (χ3v) is 3.28. The van der Waals surface area contributed by atoms with E-state index in [9.17, 15) is 4.79 Å². The number of rotatable bonds is 0. The van der Waals surface area contributed by atoms with Gasteiger partial charge in [0, 0.05) is 13.1 Å². The van der Waals surface area contributed by atoms with Crippen LogP contribution in [0.2, 0.25) is 0 Å². The first-order valence-electron chi connectivity index (χ1n) is 4.00. The monoisotopic (exact) mass is 172 g/mol. The minimum absolute atomic E-state index is 0.171. The molecule has 0 bridgehead atoms. The number of carbonyl (C=O) groups excluding carboxylic acids is 1. The number of hydrogen-bond donors (Lipinski definition) is 2. The van der Waals surface area contributed by atoms with E-state index in [4.69, 9.17) is 0 Å². The van der Waals surface area contributed by atoms with Crippen LogP contribution in [-0.2, 0) is 4.79 Å². The maximum atomic E-state index is 11.4. The minimum Gasteiger partial charge on any atom is -0.354 e. The molecular formula is C7H12N2OS. The lowest BCUT2D eigenvalue weighted by molar-refractivity contribution is -0.126. The van der Waals surface area contributed by atoms with Gasteiger partial charge >= 0.3 is 0 Å². The van der Waals surface area contributed by atoms with E-state index in [0.717, 1.165) is 32.4 Å². The van der Waals surface area contributed by atoms with Crippen molar-refractivity contribution < 1.29 is 4.79 Å². The molecule has 0 radical (unpaired) electrons. The van der Waals surface area contributed by atoms with Crippen LogP contribution in [0.25, 0.3) is 0 Å². The van der Waals surface area contributed by atoms with Crippen LogP contribution in [0.5, 0.6) is 0 Å². The zero-order valence-corrected chi connectivity index (χ0v) is 7.23. The molecule has 3 nitrogen and oxygen atoms in total. The Kier molecular flexibility index (Phi) is 1.61. The van der Waals surface area contributed by atoms with Crippen molar-refractivity contribution in [1.29, 1.82) is 0 Å². The fraction of sp³-hybridized carbons (Fsp3) is 0.857. The van der Waals surface area contributed by atoms with Crippen molar-refractivity contribution in [2.24, 2.45) is 0 Å². The van der Waals surface area contributed by atoms with Crippen LogP contribution in [0, 0.1) is 0 Å². The van der Waals surface area contributed by atoms with Gasteiger partial charge in [0.1, 0.15) is 5.54 Å². The molecule has 11 heavy (non-hydrogen) atoms. The number of carbonyl (C=O) groups is 1. The second-order valence-electron chi connectivity index (χ2n) is 3.26. The minimum atomic E-state index is -0.247. The van der Waals surface area contributed by atoms with Crippen molar-refractivity contribution in [1.82, 2.24) is 9.62 Å². The van der Waals surface area contributed by atoms with E-state index in [1.54, 1.807) is 0 Å². The summed E-state index contributed by atoms with van der Waals surface area (Å²) in [5.41, 5.74) is -0.247. The largest absolute Gasteiger partial charge is 0.354 e. The molecule has 2 fully saturated rings. The van der Waals surface area contributed by atoms with Crippen LogP contribution in [0.15, 0.2) is 0 Å². The van der Waals surface area contributed by atoms with Gasteiger partial charge in [-0.3, -0.25) is 4.79 Å². The maximum absolute atomic E-state index is 11.4. The van der Waals surface area contributed by atoms with Gasteiger partial charge in [-0.15, -0.1) is 0 Å². The predicted octanol–water partition coefficient (Wildman–Crippen LogP) is 0.186. The highest BCUT2D eigenvalue weighted by molar-refractivity contribution is 7.77. The second-order valence-corrected chi connectivity index (χ2v) is 3.75. The average Bonchev–Trinajstić information content (AvgIpc) is 2.48. The highest BCUT2D eigenvalue weighted by Crippen LogP contribution is 2.36. The molecule has 62 valence electrons. The van der Waals surface area contributed by atoms with E-state index in [1.807, 2.05) is 4.31 Å². The molecule has 0 saturated carbocycles. The number of amides is 1. The van der Waals surface area contributed by atoms with E-state index < -0.39 is 0 Å². The topological polar surface area (TPSA) is 32.3 Å². The fourth-order valence-electron chi connectivity index (χ4n) is 2.01. The molecule has 0 aliphatic carbocycles. The van der Waals surface area contributed by atoms with Gasteiger partial charge in [-0.1, -0.05) is 12.8 Å². The molecule has 1 atom stereocenters. The standard InChI is InChI=1S/C7H12N2OS/c10-6-7(3-4-8-6)2-1-5-9(7)11/h11H,1-5H2,(H,8,10). The number of thiol groups is 1. The molecule has 2 heterocycles. The molecule has 4 heteroatoms. The van der Waals surface area contributed by atoms with Crippen molar-refractivity contribution in [3.8, 4) is 0 Å². The van der Waals surface area contributed by atoms with Gasteiger partial charge < -0.3 is 5.32 Å². The third-order valence-electron chi connectivity index (χ3n) is 2.70. The summed E-state index contributed by atoms with van der Waals surface area (Å²) in [6.07, 6.45) is 2.99. The van der Waals surface area contributed by atoms with Crippen molar-refractivity contribution in [2.75, 3.05) is 13.1 Å². The van der Waals surface area contributed by atoms with E-state index in [0.29, 0.717) is 0 Å². The number of nitrogens with zero attached hydrogens (tertiary/aromatic N) is 1. The Bertz CT molecular complexity index is 193. The molecular weight excluding hydrogens is 160 g/mol. The van der Waals surface area contributed by atoms with Crippen molar-refractivity contribution in [3.05, 3.63) is 0 Å². The first kappa shape index (κ1) is 7.43. The second kappa shape index (κ2) is 2.38. The molecule has 0 aromatic heterocycles. The quantitative estimate of drug-likeness (QED) is 0.511. The third kappa shape index (κ3) is 0.891. The van der Waals surface area contributed by atoms with Gasteiger partial charge in [-0.05, 0) is 19.3 Å². The normalized spacial score (nSPS) is 38.5. The molecule has 2 saturated heterocycles. The van der Waals surface area contributed by atoms with Gasteiger partial charge in [0.2, 0.25) is 5.91 Å². The van der Waals surface area contributed by atoms with E-state index in [1.165, 1.54) is 0 Å². The predicted molar refractivity (Wildman–Crippen MR) is 45.3 cm³/mol.